The molecule has 1 fully saturated rings. The van der Waals surface area contributed by atoms with Crippen LogP contribution < -0.4 is 11.5 Å². The smallest absolute Gasteiger partial charge is 0.248 e. The van der Waals surface area contributed by atoms with E-state index in [-0.39, 0.29) is 20.9 Å². The average molecular weight is 329 g/mol. The molecule has 8 heteroatoms. The number of hydrogen-bond acceptors (Lipinski definition) is 5. The van der Waals surface area contributed by atoms with Crippen LogP contribution in [0.2, 0.25) is 0 Å². The fraction of sp³-hybridized carbons (Fsp3) is 0.462. The van der Waals surface area contributed by atoms with E-state index in [0.717, 1.165) is 5.75 Å². The highest BCUT2D eigenvalue weighted by Gasteiger charge is 2.35. The predicted molar refractivity (Wildman–Crippen MR) is 84.7 cm³/mol. The Morgan fingerprint density at radius 1 is 1.38 bits per heavy atom. The predicted octanol–water partition coefficient (Wildman–Crippen LogP) is 0.884. The van der Waals surface area contributed by atoms with E-state index < -0.39 is 15.9 Å². The molecule has 0 aromatic heterocycles. The first-order chi connectivity index (χ1) is 9.63. The van der Waals surface area contributed by atoms with Crippen LogP contribution in [0.5, 0.6) is 0 Å². The van der Waals surface area contributed by atoms with Crippen LogP contribution in [0.1, 0.15) is 24.2 Å². The van der Waals surface area contributed by atoms with Crippen molar-refractivity contribution >= 4 is 33.4 Å². The van der Waals surface area contributed by atoms with E-state index in [4.69, 9.17) is 11.5 Å². The van der Waals surface area contributed by atoms with Crippen LogP contribution >= 0.6 is 11.8 Å². The summed E-state index contributed by atoms with van der Waals surface area (Å²) in [7, 11) is -3.66. The molecule has 6 nitrogen and oxygen atoms in total. The van der Waals surface area contributed by atoms with Crippen LogP contribution in [0.3, 0.4) is 0 Å². The third-order valence-electron chi connectivity index (χ3n) is 3.30. The molecule has 0 atom stereocenters. The number of nitrogens with zero attached hydrogens (tertiary/aromatic N) is 1. The zero-order valence-corrected chi connectivity index (χ0v) is 13.6. The molecule has 1 aromatic carbocycles. The number of thioether (sulfide) groups is 1. The van der Waals surface area contributed by atoms with E-state index in [1.54, 1.807) is 11.8 Å². The molecule has 0 saturated carbocycles. The van der Waals surface area contributed by atoms with Crippen molar-refractivity contribution in [3.8, 4) is 0 Å². The first kappa shape index (κ1) is 16.1. The maximum atomic E-state index is 12.7. The Morgan fingerprint density at radius 2 is 2.05 bits per heavy atom. The quantitative estimate of drug-likeness (QED) is 0.801. The summed E-state index contributed by atoms with van der Waals surface area (Å²) < 4.78 is 26.7. The van der Waals surface area contributed by atoms with E-state index in [1.165, 1.54) is 22.5 Å². The first-order valence-corrected chi connectivity index (χ1v) is 8.89. The Morgan fingerprint density at radius 3 is 2.57 bits per heavy atom. The van der Waals surface area contributed by atoms with Crippen molar-refractivity contribution < 1.29 is 13.2 Å². The summed E-state index contributed by atoms with van der Waals surface area (Å²) in [5.74, 6) is 0.104. The largest absolute Gasteiger partial charge is 0.398 e. The number of carbonyl (C=O) groups is 1. The van der Waals surface area contributed by atoms with E-state index in [0.29, 0.717) is 13.1 Å². The van der Waals surface area contributed by atoms with Crippen molar-refractivity contribution in [2.45, 2.75) is 23.5 Å². The lowest BCUT2D eigenvalue weighted by atomic mass is 10.2. The molecule has 0 unspecified atom stereocenters. The van der Waals surface area contributed by atoms with Gasteiger partial charge in [-0.25, -0.2) is 8.42 Å². The Labute approximate surface area is 128 Å². The summed E-state index contributed by atoms with van der Waals surface area (Å²) in [4.78, 5) is 11.1. The van der Waals surface area contributed by atoms with Crippen LogP contribution in [-0.2, 0) is 10.0 Å². The number of anilines is 1. The SMILES string of the molecule is CC1(C)CN(S(=O)(=O)c2ccc(C(N)=O)cc2N)CCS1. The molecule has 0 spiro atoms. The summed E-state index contributed by atoms with van der Waals surface area (Å²) in [5, 5.41) is 0. The maximum Gasteiger partial charge on any atom is 0.248 e. The summed E-state index contributed by atoms with van der Waals surface area (Å²) in [5.41, 5.74) is 11.2. The fourth-order valence-electron chi connectivity index (χ4n) is 2.25. The molecule has 1 aromatic rings. The van der Waals surface area contributed by atoms with Gasteiger partial charge in [0, 0.05) is 29.2 Å². The molecule has 1 aliphatic rings. The number of amides is 1. The molecule has 1 saturated heterocycles. The van der Waals surface area contributed by atoms with Crippen LogP contribution in [-0.4, -0.2) is 42.2 Å². The number of carbonyl (C=O) groups excluding carboxylic acids is 1. The second kappa shape index (κ2) is 5.51. The standard InChI is InChI=1S/C13H19N3O3S2/c1-13(2)8-16(5-6-20-13)21(18,19)11-4-3-9(12(15)17)7-10(11)14/h3-4,7H,5-6,8,14H2,1-2H3,(H2,15,17). The average Bonchev–Trinajstić information content (AvgIpc) is 2.36. The third kappa shape index (κ3) is 3.33. The van der Waals surface area contributed by atoms with Gasteiger partial charge in [-0.1, -0.05) is 0 Å². The number of primary amides is 1. The van der Waals surface area contributed by atoms with Gasteiger partial charge in [-0.05, 0) is 32.0 Å². The van der Waals surface area contributed by atoms with Gasteiger partial charge in [0.15, 0.2) is 0 Å². The summed E-state index contributed by atoms with van der Waals surface area (Å²) in [6, 6.07) is 4.04. The molecular weight excluding hydrogens is 310 g/mol. The molecule has 1 heterocycles. The van der Waals surface area contributed by atoms with Crippen LogP contribution in [0.25, 0.3) is 0 Å². The Balaban J connectivity index is 2.38. The minimum atomic E-state index is -3.66. The van der Waals surface area contributed by atoms with E-state index >= 15 is 0 Å². The van der Waals surface area contributed by atoms with Crippen molar-refractivity contribution in [1.82, 2.24) is 4.31 Å². The van der Waals surface area contributed by atoms with Gasteiger partial charge in [-0.2, -0.15) is 16.1 Å². The van der Waals surface area contributed by atoms with Crippen molar-refractivity contribution in [3.63, 3.8) is 0 Å². The number of hydrogen-bond donors (Lipinski definition) is 2. The van der Waals surface area contributed by atoms with Crippen LogP contribution in [0, 0.1) is 0 Å². The van der Waals surface area contributed by atoms with E-state index in [2.05, 4.69) is 0 Å². The zero-order valence-electron chi connectivity index (χ0n) is 12.0. The molecule has 21 heavy (non-hydrogen) atoms. The molecular formula is C13H19N3O3S2. The molecule has 4 N–H and O–H groups in total. The summed E-state index contributed by atoms with van der Waals surface area (Å²) >= 11 is 1.75. The van der Waals surface area contributed by atoms with Gasteiger partial charge >= 0.3 is 0 Å². The van der Waals surface area contributed by atoms with E-state index in [9.17, 15) is 13.2 Å². The molecule has 0 radical (unpaired) electrons. The van der Waals surface area contributed by atoms with Crippen molar-refractivity contribution in [3.05, 3.63) is 23.8 Å². The maximum absolute atomic E-state index is 12.7. The first-order valence-electron chi connectivity index (χ1n) is 6.47. The summed E-state index contributed by atoms with van der Waals surface area (Å²) in [6.45, 7) is 4.90. The molecule has 0 bridgehead atoms. The Bertz CT molecular complexity index is 671. The number of rotatable bonds is 3. The monoisotopic (exact) mass is 329 g/mol. The van der Waals surface area contributed by atoms with E-state index in [1.807, 2.05) is 13.8 Å². The second-order valence-corrected chi connectivity index (χ2v) is 9.27. The van der Waals surface area contributed by atoms with Crippen molar-refractivity contribution in [2.75, 3.05) is 24.6 Å². The molecule has 1 amide bonds. The van der Waals surface area contributed by atoms with Gasteiger partial charge in [0.25, 0.3) is 0 Å². The van der Waals surface area contributed by atoms with Gasteiger partial charge in [-0.15, -0.1) is 0 Å². The normalized spacial score (nSPS) is 19.3. The van der Waals surface area contributed by atoms with Gasteiger partial charge in [0.05, 0.1) is 5.69 Å². The van der Waals surface area contributed by atoms with Crippen LogP contribution in [0.4, 0.5) is 5.69 Å². The molecule has 0 aliphatic carbocycles. The Kier molecular flexibility index (Phi) is 4.23. The number of benzene rings is 1. The van der Waals surface area contributed by atoms with Gasteiger partial charge in [0.2, 0.25) is 15.9 Å². The van der Waals surface area contributed by atoms with Crippen LogP contribution in [0.15, 0.2) is 23.1 Å². The summed E-state index contributed by atoms with van der Waals surface area (Å²) in [6.07, 6.45) is 0. The fourth-order valence-corrected chi connectivity index (χ4v) is 5.26. The number of nitrogen functional groups attached to an aromatic ring is 1. The van der Waals surface area contributed by atoms with Gasteiger partial charge < -0.3 is 11.5 Å². The lowest BCUT2D eigenvalue weighted by molar-refractivity contribution is 0.1000. The Hall–Kier alpha value is -1.25. The number of sulfonamides is 1. The minimum absolute atomic E-state index is 0.0233. The highest BCUT2D eigenvalue weighted by atomic mass is 32.2. The minimum Gasteiger partial charge on any atom is -0.398 e. The van der Waals surface area contributed by atoms with Gasteiger partial charge in [0.1, 0.15) is 4.90 Å². The number of nitrogens with two attached hydrogens (primary N) is 2. The third-order valence-corrected chi connectivity index (χ3v) is 6.52. The molecule has 1 aliphatic heterocycles. The topological polar surface area (TPSA) is 106 Å². The lowest BCUT2D eigenvalue weighted by Crippen LogP contribution is -2.46. The van der Waals surface area contributed by atoms with Crippen molar-refractivity contribution in [1.29, 1.82) is 0 Å². The molecule has 2 rings (SSSR count). The zero-order chi connectivity index (χ0) is 15.8. The lowest BCUT2D eigenvalue weighted by Gasteiger charge is -2.36. The highest BCUT2D eigenvalue weighted by molar-refractivity contribution is 8.00. The molecule has 116 valence electrons. The van der Waals surface area contributed by atoms with Gasteiger partial charge in [-0.3, -0.25) is 4.79 Å². The highest BCUT2D eigenvalue weighted by Crippen LogP contribution is 2.33. The second-order valence-electron chi connectivity index (χ2n) is 5.56. The van der Waals surface area contributed by atoms with Crippen molar-refractivity contribution in [2.24, 2.45) is 5.73 Å².